The molecule has 1 unspecified atom stereocenters. The van der Waals surface area contributed by atoms with Crippen LogP contribution in [0.25, 0.3) is 0 Å². The lowest BCUT2D eigenvalue weighted by Crippen LogP contribution is -2.38. The second kappa shape index (κ2) is 7.06. The van der Waals surface area contributed by atoms with E-state index in [2.05, 4.69) is 45.6 Å². The van der Waals surface area contributed by atoms with Crippen molar-refractivity contribution in [3.63, 3.8) is 0 Å². The van der Waals surface area contributed by atoms with Gasteiger partial charge in [-0.3, -0.25) is 4.79 Å². The first-order valence-electron chi connectivity index (χ1n) is 6.90. The summed E-state index contributed by atoms with van der Waals surface area (Å²) in [4.78, 5) is 11.9. The highest BCUT2D eigenvalue weighted by Gasteiger charge is 2.16. The van der Waals surface area contributed by atoms with Crippen LogP contribution >= 0.6 is 15.9 Å². The molecule has 0 spiro atoms. The molecule has 1 fully saturated rings. The normalized spacial score (nSPS) is 19.2. The van der Waals surface area contributed by atoms with E-state index in [9.17, 15) is 4.79 Å². The van der Waals surface area contributed by atoms with Gasteiger partial charge in [0.05, 0.1) is 0 Å². The molecular weight excluding hydrogens is 304 g/mol. The number of nitrogens with one attached hydrogen (secondary N) is 2. The number of hydrogen-bond acceptors (Lipinski definition) is 2. The van der Waals surface area contributed by atoms with E-state index in [1.54, 1.807) is 0 Å². The quantitative estimate of drug-likeness (QED) is 0.894. The molecular formula is C15H21BrN2O. The van der Waals surface area contributed by atoms with Crippen molar-refractivity contribution in [2.45, 2.75) is 45.2 Å². The van der Waals surface area contributed by atoms with Gasteiger partial charge in [-0.05, 0) is 49.6 Å². The molecule has 2 N–H and O–H groups in total. The molecule has 2 rings (SSSR count). The molecule has 3 nitrogen and oxygen atoms in total. The van der Waals surface area contributed by atoms with Gasteiger partial charge in [0.15, 0.2) is 0 Å². The molecule has 0 bridgehead atoms. The minimum Gasteiger partial charge on any atom is -0.352 e. The molecule has 4 heteroatoms. The number of carbonyl (C=O) groups is 1. The monoisotopic (exact) mass is 324 g/mol. The van der Waals surface area contributed by atoms with Crippen LogP contribution in [0.1, 0.15) is 36.8 Å². The number of carbonyl (C=O) groups excluding carboxylic acids is 1. The number of piperidine rings is 1. The molecule has 1 heterocycles. The van der Waals surface area contributed by atoms with Crippen molar-refractivity contribution in [1.82, 2.24) is 10.6 Å². The zero-order chi connectivity index (χ0) is 13.7. The van der Waals surface area contributed by atoms with Gasteiger partial charge in [0.25, 0.3) is 0 Å². The van der Waals surface area contributed by atoms with E-state index in [0.717, 1.165) is 17.4 Å². The summed E-state index contributed by atoms with van der Waals surface area (Å²) in [7, 11) is 0. The van der Waals surface area contributed by atoms with E-state index in [0.29, 0.717) is 19.0 Å². The Hall–Kier alpha value is -0.870. The second-order valence-corrected chi connectivity index (χ2v) is 6.11. The Morgan fingerprint density at radius 2 is 2.32 bits per heavy atom. The lowest BCUT2D eigenvalue weighted by Gasteiger charge is -2.22. The third-order valence-electron chi connectivity index (χ3n) is 3.63. The summed E-state index contributed by atoms with van der Waals surface area (Å²) >= 11 is 3.46. The van der Waals surface area contributed by atoms with Crippen LogP contribution in [-0.4, -0.2) is 18.5 Å². The molecule has 0 aromatic heterocycles. The fourth-order valence-corrected chi connectivity index (χ4v) is 2.83. The minimum atomic E-state index is 0.138. The predicted octanol–water partition coefficient (Wildman–Crippen LogP) is 2.91. The maximum absolute atomic E-state index is 11.9. The fraction of sp³-hybridized carbons (Fsp3) is 0.533. The van der Waals surface area contributed by atoms with Crippen molar-refractivity contribution in [3.8, 4) is 0 Å². The highest BCUT2D eigenvalue weighted by molar-refractivity contribution is 9.10. The Labute approximate surface area is 123 Å². The van der Waals surface area contributed by atoms with Crippen LogP contribution in [0.5, 0.6) is 0 Å². The van der Waals surface area contributed by atoms with E-state index in [4.69, 9.17) is 0 Å². The Morgan fingerprint density at radius 1 is 1.47 bits per heavy atom. The molecule has 19 heavy (non-hydrogen) atoms. The van der Waals surface area contributed by atoms with Gasteiger partial charge in [-0.1, -0.05) is 28.4 Å². The summed E-state index contributed by atoms with van der Waals surface area (Å²) in [5, 5.41) is 6.41. The van der Waals surface area contributed by atoms with E-state index < -0.39 is 0 Å². The van der Waals surface area contributed by atoms with Crippen LogP contribution in [0.2, 0.25) is 0 Å². The molecule has 1 aromatic rings. The van der Waals surface area contributed by atoms with E-state index >= 15 is 0 Å². The first-order chi connectivity index (χ1) is 9.15. The molecule has 1 atom stereocenters. The van der Waals surface area contributed by atoms with Crippen molar-refractivity contribution >= 4 is 21.8 Å². The average Bonchev–Trinajstić information content (AvgIpc) is 2.41. The first-order valence-corrected chi connectivity index (χ1v) is 7.69. The maximum atomic E-state index is 11.9. The van der Waals surface area contributed by atoms with Gasteiger partial charge in [0, 0.05) is 23.5 Å². The highest BCUT2D eigenvalue weighted by Crippen LogP contribution is 2.16. The van der Waals surface area contributed by atoms with Crippen molar-refractivity contribution in [3.05, 3.63) is 33.8 Å². The standard InChI is InChI=1S/C15H21BrN2O/c1-11-5-6-13(16)8-12(11)10-18-15(19)9-14-4-2-3-7-17-14/h5-6,8,14,17H,2-4,7,9-10H2,1H3,(H,18,19). The molecule has 1 aliphatic rings. The number of aryl methyl sites for hydroxylation is 1. The first kappa shape index (κ1) is 14.5. The molecule has 1 aromatic carbocycles. The van der Waals surface area contributed by atoms with Crippen molar-refractivity contribution in [2.24, 2.45) is 0 Å². The minimum absolute atomic E-state index is 0.138. The van der Waals surface area contributed by atoms with Gasteiger partial charge in [0.1, 0.15) is 0 Å². The molecule has 104 valence electrons. The van der Waals surface area contributed by atoms with E-state index in [-0.39, 0.29) is 5.91 Å². The summed E-state index contributed by atoms with van der Waals surface area (Å²) < 4.78 is 1.05. The van der Waals surface area contributed by atoms with Crippen molar-refractivity contribution < 1.29 is 4.79 Å². The zero-order valence-electron chi connectivity index (χ0n) is 11.3. The number of hydrogen-bond donors (Lipinski definition) is 2. The number of halogens is 1. The summed E-state index contributed by atoms with van der Waals surface area (Å²) in [6, 6.07) is 6.51. The van der Waals surface area contributed by atoms with Crippen molar-refractivity contribution in [1.29, 1.82) is 0 Å². The fourth-order valence-electron chi connectivity index (χ4n) is 2.42. The largest absolute Gasteiger partial charge is 0.352 e. The Balaban J connectivity index is 1.81. The van der Waals surface area contributed by atoms with Crippen LogP contribution < -0.4 is 10.6 Å². The molecule has 0 radical (unpaired) electrons. The summed E-state index contributed by atoms with van der Waals surface area (Å²) in [5.74, 6) is 0.138. The summed E-state index contributed by atoms with van der Waals surface area (Å²) in [6.07, 6.45) is 4.17. The summed E-state index contributed by atoms with van der Waals surface area (Å²) in [5.41, 5.74) is 2.37. The zero-order valence-corrected chi connectivity index (χ0v) is 12.9. The molecule has 1 saturated heterocycles. The Bertz CT molecular complexity index is 442. The van der Waals surface area contributed by atoms with Crippen LogP contribution in [0.15, 0.2) is 22.7 Å². The third kappa shape index (κ3) is 4.62. The third-order valence-corrected chi connectivity index (χ3v) is 4.12. The number of rotatable bonds is 4. The van der Waals surface area contributed by atoms with Gasteiger partial charge in [-0.2, -0.15) is 0 Å². The lowest BCUT2D eigenvalue weighted by atomic mass is 10.0. The van der Waals surface area contributed by atoms with Crippen LogP contribution in [0.4, 0.5) is 0 Å². The van der Waals surface area contributed by atoms with Gasteiger partial charge < -0.3 is 10.6 Å². The SMILES string of the molecule is Cc1ccc(Br)cc1CNC(=O)CC1CCCCN1. The van der Waals surface area contributed by atoms with Crippen LogP contribution in [0, 0.1) is 6.92 Å². The van der Waals surface area contributed by atoms with Gasteiger partial charge >= 0.3 is 0 Å². The number of benzene rings is 1. The van der Waals surface area contributed by atoms with Gasteiger partial charge in [0.2, 0.25) is 5.91 Å². The van der Waals surface area contributed by atoms with E-state index in [1.165, 1.54) is 24.0 Å². The van der Waals surface area contributed by atoms with Gasteiger partial charge in [-0.15, -0.1) is 0 Å². The number of amides is 1. The molecule has 1 amide bonds. The van der Waals surface area contributed by atoms with Gasteiger partial charge in [-0.25, -0.2) is 0 Å². The Kier molecular flexibility index (Phi) is 5.40. The molecule has 0 saturated carbocycles. The topological polar surface area (TPSA) is 41.1 Å². The predicted molar refractivity (Wildman–Crippen MR) is 81.0 cm³/mol. The smallest absolute Gasteiger partial charge is 0.221 e. The van der Waals surface area contributed by atoms with Crippen LogP contribution in [0.3, 0.4) is 0 Å². The van der Waals surface area contributed by atoms with E-state index in [1.807, 2.05) is 6.07 Å². The highest BCUT2D eigenvalue weighted by atomic mass is 79.9. The molecule has 0 aliphatic carbocycles. The summed E-state index contributed by atoms with van der Waals surface area (Å²) in [6.45, 7) is 3.72. The van der Waals surface area contributed by atoms with Crippen LogP contribution in [-0.2, 0) is 11.3 Å². The average molecular weight is 325 g/mol. The lowest BCUT2D eigenvalue weighted by molar-refractivity contribution is -0.121. The maximum Gasteiger partial charge on any atom is 0.221 e. The molecule has 1 aliphatic heterocycles. The Morgan fingerprint density at radius 3 is 3.05 bits per heavy atom. The second-order valence-electron chi connectivity index (χ2n) is 5.20. The van der Waals surface area contributed by atoms with Crippen molar-refractivity contribution in [2.75, 3.05) is 6.54 Å².